The molecule has 3 N–H and O–H groups in total. The lowest BCUT2D eigenvalue weighted by Gasteiger charge is -2.36. The standard InChI is InChI=1S/C26H32N4O5/c1-3-30(22-10-12-35-13-11-22)24-9-6-19(20(17-34-2)15-25(31)32)14-23(24)29-26(33)28-21-7-4-18(16-27)5-8-21/h4-9,14,20,22H,3,10-13,15,17H2,1-2H3,(H,31,32)(H2,28,29,33)/t20-/m1/s1. The number of urea groups is 1. The second-order valence-corrected chi connectivity index (χ2v) is 8.42. The number of nitrogens with one attached hydrogen (secondary N) is 2. The number of anilines is 3. The zero-order chi connectivity index (χ0) is 25.2. The summed E-state index contributed by atoms with van der Waals surface area (Å²) in [5.41, 5.74) is 3.29. The van der Waals surface area contributed by atoms with E-state index < -0.39 is 12.0 Å². The third-order valence-electron chi connectivity index (χ3n) is 6.08. The molecular weight excluding hydrogens is 448 g/mol. The molecule has 2 aromatic rings. The average molecular weight is 481 g/mol. The van der Waals surface area contributed by atoms with Crippen LogP contribution in [0.1, 0.15) is 43.2 Å². The Labute approximate surface area is 205 Å². The van der Waals surface area contributed by atoms with Crippen LogP contribution in [0.5, 0.6) is 0 Å². The number of nitriles is 1. The monoisotopic (exact) mass is 480 g/mol. The minimum absolute atomic E-state index is 0.0818. The van der Waals surface area contributed by atoms with E-state index in [0.29, 0.717) is 30.2 Å². The van der Waals surface area contributed by atoms with Gasteiger partial charge in [-0.15, -0.1) is 0 Å². The van der Waals surface area contributed by atoms with Gasteiger partial charge in [-0.1, -0.05) is 6.07 Å². The number of carbonyl (C=O) groups is 2. The summed E-state index contributed by atoms with van der Waals surface area (Å²) in [4.78, 5) is 26.6. The summed E-state index contributed by atoms with van der Waals surface area (Å²) in [6.45, 7) is 4.44. The van der Waals surface area contributed by atoms with Crippen molar-refractivity contribution in [2.45, 2.75) is 38.1 Å². The molecule has 186 valence electrons. The zero-order valence-electron chi connectivity index (χ0n) is 20.1. The normalized spacial score (nSPS) is 14.5. The van der Waals surface area contributed by atoms with Crippen LogP contribution in [0, 0.1) is 11.3 Å². The van der Waals surface area contributed by atoms with Crippen LogP contribution in [0.3, 0.4) is 0 Å². The van der Waals surface area contributed by atoms with Gasteiger partial charge >= 0.3 is 12.0 Å². The van der Waals surface area contributed by atoms with E-state index in [2.05, 4.69) is 28.5 Å². The molecule has 9 heteroatoms. The molecule has 0 bridgehead atoms. The summed E-state index contributed by atoms with van der Waals surface area (Å²) in [5.74, 6) is -1.27. The Hall–Kier alpha value is -3.61. The Morgan fingerprint density at radius 3 is 2.51 bits per heavy atom. The Kier molecular flexibility index (Phi) is 9.47. The van der Waals surface area contributed by atoms with Crippen LogP contribution < -0.4 is 15.5 Å². The summed E-state index contributed by atoms with van der Waals surface area (Å²) in [6, 6.07) is 14.2. The summed E-state index contributed by atoms with van der Waals surface area (Å²) < 4.78 is 10.8. The first kappa shape index (κ1) is 26.0. The minimum Gasteiger partial charge on any atom is -0.481 e. The first-order valence-corrected chi connectivity index (χ1v) is 11.7. The zero-order valence-corrected chi connectivity index (χ0v) is 20.1. The van der Waals surface area contributed by atoms with Crippen molar-refractivity contribution in [3.63, 3.8) is 0 Å². The number of nitrogens with zero attached hydrogens (tertiary/aromatic N) is 2. The van der Waals surface area contributed by atoms with Crippen molar-refractivity contribution in [2.24, 2.45) is 0 Å². The SMILES string of the molecule is CCN(c1ccc([C@@H](COC)CC(=O)O)cc1NC(=O)Nc1ccc(C#N)cc1)C1CCOCC1. The number of carboxylic acid groups (broad SMARTS) is 1. The maximum Gasteiger partial charge on any atom is 0.323 e. The van der Waals surface area contributed by atoms with Crippen molar-refractivity contribution >= 4 is 29.1 Å². The lowest BCUT2D eigenvalue weighted by molar-refractivity contribution is -0.137. The van der Waals surface area contributed by atoms with Gasteiger partial charge < -0.3 is 30.1 Å². The lowest BCUT2D eigenvalue weighted by Crippen LogP contribution is -2.40. The van der Waals surface area contributed by atoms with Gasteiger partial charge in [-0.2, -0.15) is 5.26 Å². The van der Waals surface area contributed by atoms with Crippen molar-refractivity contribution in [3.8, 4) is 6.07 Å². The van der Waals surface area contributed by atoms with Gasteiger partial charge in [-0.05, 0) is 61.7 Å². The van der Waals surface area contributed by atoms with Crippen LogP contribution >= 0.6 is 0 Å². The second kappa shape index (κ2) is 12.7. The molecule has 0 aromatic heterocycles. The first-order valence-electron chi connectivity index (χ1n) is 11.7. The fourth-order valence-electron chi connectivity index (χ4n) is 4.38. The molecular formula is C26H32N4O5. The molecule has 1 saturated heterocycles. The number of methoxy groups -OCH3 is 1. The molecule has 35 heavy (non-hydrogen) atoms. The topological polar surface area (TPSA) is 124 Å². The smallest absolute Gasteiger partial charge is 0.323 e. The van der Waals surface area contributed by atoms with Crippen LogP contribution in [-0.2, 0) is 14.3 Å². The van der Waals surface area contributed by atoms with Crippen LogP contribution in [0.4, 0.5) is 21.9 Å². The molecule has 2 aromatic carbocycles. The third-order valence-corrected chi connectivity index (χ3v) is 6.08. The fourth-order valence-corrected chi connectivity index (χ4v) is 4.38. The highest BCUT2D eigenvalue weighted by Crippen LogP contribution is 2.34. The van der Waals surface area contributed by atoms with Gasteiger partial charge in [0.15, 0.2) is 0 Å². The molecule has 0 spiro atoms. The number of hydrogen-bond acceptors (Lipinski definition) is 6. The second-order valence-electron chi connectivity index (χ2n) is 8.42. The van der Waals surface area contributed by atoms with E-state index in [1.165, 1.54) is 7.11 Å². The number of aliphatic carboxylic acids is 1. The molecule has 1 fully saturated rings. The summed E-state index contributed by atoms with van der Waals surface area (Å²) >= 11 is 0. The third kappa shape index (κ3) is 7.18. The molecule has 2 amide bonds. The summed E-state index contributed by atoms with van der Waals surface area (Å²) in [7, 11) is 1.54. The molecule has 1 aliphatic heterocycles. The molecule has 0 unspecified atom stereocenters. The summed E-state index contributed by atoms with van der Waals surface area (Å²) in [5, 5.41) is 24.1. The quantitative estimate of drug-likeness (QED) is 0.460. The number of rotatable bonds is 10. The van der Waals surface area contributed by atoms with E-state index in [1.807, 2.05) is 18.2 Å². The van der Waals surface area contributed by atoms with Crippen LogP contribution in [0.15, 0.2) is 42.5 Å². The number of carbonyl (C=O) groups excluding carboxylic acids is 1. The maximum atomic E-state index is 12.9. The molecule has 1 atom stereocenters. The Bertz CT molecular complexity index is 1040. The Balaban J connectivity index is 1.91. The average Bonchev–Trinajstić information content (AvgIpc) is 2.86. The first-order chi connectivity index (χ1) is 16.9. The van der Waals surface area contributed by atoms with Crippen LogP contribution in [-0.4, -0.2) is 56.6 Å². The number of carboxylic acids is 1. The van der Waals surface area contributed by atoms with Crippen molar-refractivity contribution in [3.05, 3.63) is 53.6 Å². The van der Waals surface area contributed by atoms with Gasteiger partial charge in [0, 0.05) is 44.5 Å². The number of benzene rings is 2. The maximum absolute atomic E-state index is 12.9. The van der Waals surface area contributed by atoms with Gasteiger partial charge in [-0.3, -0.25) is 4.79 Å². The number of hydrogen-bond donors (Lipinski definition) is 3. The molecule has 0 aliphatic carbocycles. The molecule has 0 saturated carbocycles. The molecule has 1 aliphatic rings. The van der Waals surface area contributed by atoms with E-state index in [-0.39, 0.29) is 25.0 Å². The minimum atomic E-state index is -0.915. The van der Waals surface area contributed by atoms with E-state index in [4.69, 9.17) is 14.7 Å². The molecule has 0 radical (unpaired) electrons. The van der Waals surface area contributed by atoms with E-state index in [0.717, 1.165) is 30.6 Å². The molecule has 9 nitrogen and oxygen atoms in total. The van der Waals surface area contributed by atoms with Gasteiger partial charge in [0.1, 0.15) is 0 Å². The van der Waals surface area contributed by atoms with E-state index in [9.17, 15) is 14.7 Å². The fraction of sp³-hybridized carbons (Fsp3) is 0.423. The van der Waals surface area contributed by atoms with Crippen molar-refractivity contribution in [1.29, 1.82) is 5.26 Å². The van der Waals surface area contributed by atoms with Crippen molar-refractivity contribution in [2.75, 3.05) is 49.0 Å². The Morgan fingerprint density at radius 1 is 1.20 bits per heavy atom. The highest BCUT2D eigenvalue weighted by molar-refractivity contribution is 6.02. The van der Waals surface area contributed by atoms with Gasteiger partial charge in [-0.25, -0.2) is 4.79 Å². The van der Waals surface area contributed by atoms with Gasteiger partial charge in [0.2, 0.25) is 0 Å². The predicted octanol–water partition coefficient (Wildman–Crippen LogP) is 4.41. The number of amides is 2. The van der Waals surface area contributed by atoms with E-state index >= 15 is 0 Å². The largest absolute Gasteiger partial charge is 0.481 e. The highest BCUT2D eigenvalue weighted by atomic mass is 16.5. The number of ether oxygens (including phenoxy) is 2. The van der Waals surface area contributed by atoms with E-state index in [1.54, 1.807) is 24.3 Å². The van der Waals surface area contributed by atoms with Crippen LogP contribution in [0.2, 0.25) is 0 Å². The summed E-state index contributed by atoms with van der Waals surface area (Å²) in [6.07, 6.45) is 1.69. The van der Waals surface area contributed by atoms with Crippen LogP contribution in [0.25, 0.3) is 0 Å². The van der Waals surface area contributed by atoms with Crippen molar-refractivity contribution in [1.82, 2.24) is 0 Å². The van der Waals surface area contributed by atoms with Gasteiger partial charge in [0.25, 0.3) is 0 Å². The van der Waals surface area contributed by atoms with Gasteiger partial charge in [0.05, 0.1) is 36.0 Å². The molecule has 3 rings (SSSR count). The lowest BCUT2D eigenvalue weighted by atomic mass is 9.95. The predicted molar refractivity (Wildman–Crippen MR) is 134 cm³/mol. The Morgan fingerprint density at radius 2 is 1.91 bits per heavy atom. The highest BCUT2D eigenvalue weighted by Gasteiger charge is 2.25. The van der Waals surface area contributed by atoms with Crippen molar-refractivity contribution < 1.29 is 24.2 Å². The molecule has 1 heterocycles.